The summed E-state index contributed by atoms with van der Waals surface area (Å²) >= 11 is 0. The summed E-state index contributed by atoms with van der Waals surface area (Å²) in [6.07, 6.45) is 4.46. The Morgan fingerprint density at radius 3 is 2.86 bits per heavy atom. The van der Waals surface area contributed by atoms with Crippen LogP contribution in [0.2, 0.25) is 0 Å². The third kappa shape index (κ3) is 2.50. The average molecular weight is 288 g/mol. The highest BCUT2D eigenvalue weighted by Crippen LogP contribution is 2.27. The minimum absolute atomic E-state index is 0.0538. The Hall–Kier alpha value is -1.98. The molecule has 3 rings (SSSR count). The van der Waals surface area contributed by atoms with E-state index in [4.69, 9.17) is 0 Å². The van der Waals surface area contributed by atoms with Crippen LogP contribution < -0.4 is 0 Å². The second-order valence-corrected chi connectivity index (χ2v) is 5.78. The van der Waals surface area contributed by atoms with E-state index in [-0.39, 0.29) is 17.9 Å². The van der Waals surface area contributed by atoms with Crippen molar-refractivity contribution in [3.63, 3.8) is 0 Å². The number of rotatable bonds is 2. The third-order valence-corrected chi connectivity index (χ3v) is 4.34. The van der Waals surface area contributed by atoms with E-state index in [2.05, 4.69) is 9.97 Å². The van der Waals surface area contributed by atoms with E-state index in [0.29, 0.717) is 18.9 Å². The summed E-state index contributed by atoms with van der Waals surface area (Å²) < 4.78 is 0. The number of aryl methyl sites for hydroxylation is 1. The van der Waals surface area contributed by atoms with Crippen LogP contribution in [0.1, 0.15) is 37.7 Å². The van der Waals surface area contributed by atoms with Crippen LogP contribution in [0, 0.1) is 6.92 Å². The van der Waals surface area contributed by atoms with Crippen LogP contribution in [-0.4, -0.2) is 50.2 Å². The van der Waals surface area contributed by atoms with Crippen molar-refractivity contribution in [2.24, 2.45) is 0 Å². The number of carbonyl (C=O) groups is 2. The van der Waals surface area contributed by atoms with E-state index >= 15 is 0 Å². The van der Waals surface area contributed by atoms with Gasteiger partial charge in [0.05, 0.1) is 12.2 Å². The van der Waals surface area contributed by atoms with Crippen LogP contribution in [-0.2, 0) is 16.1 Å². The highest BCUT2D eigenvalue weighted by atomic mass is 16.2. The van der Waals surface area contributed by atoms with Crippen molar-refractivity contribution in [3.05, 3.63) is 23.8 Å². The molecule has 112 valence electrons. The number of fused-ring (bicyclic) bond motifs is 1. The van der Waals surface area contributed by atoms with Gasteiger partial charge in [0.1, 0.15) is 17.9 Å². The second kappa shape index (κ2) is 5.42. The summed E-state index contributed by atoms with van der Waals surface area (Å²) in [6, 6.07) is 1.11. The van der Waals surface area contributed by atoms with Gasteiger partial charge >= 0.3 is 0 Å². The van der Waals surface area contributed by atoms with Gasteiger partial charge in [0.2, 0.25) is 11.8 Å². The molecule has 1 aromatic heterocycles. The predicted octanol–water partition coefficient (Wildman–Crippen LogP) is 0.897. The fourth-order valence-electron chi connectivity index (χ4n) is 3.19. The Bertz CT molecular complexity index is 575. The Morgan fingerprint density at radius 1 is 1.29 bits per heavy atom. The van der Waals surface area contributed by atoms with Crippen LogP contribution >= 0.6 is 0 Å². The topological polar surface area (TPSA) is 66.4 Å². The number of carbonyl (C=O) groups excluding carboxylic acids is 2. The molecule has 0 radical (unpaired) electrons. The van der Waals surface area contributed by atoms with Gasteiger partial charge in [0.25, 0.3) is 0 Å². The maximum atomic E-state index is 12.7. The molecule has 0 aliphatic carbocycles. The molecule has 2 aliphatic rings. The molecule has 0 spiro atoms. The van der Waals surface area contributed by atoms with Gasteiger partial charge in [0, 0.05) is 12.7 Å². The lowest BCUT2D eigenvalue weighted by Crippen LogP contribution is -2.64. The molecule has 0 N–H and O–H groups in total. The molecule has 21 heavy (non-hydrogen) atoms. The number of hydrogen-bond acceptors (Lipinski definition) is 4. The lowest BCUT2D eigenvalue weighted by atomic mass is 9.95. The molecule has 2 fully saturated rings. The quantitative estimate of drug-likeness (QED) is 0.811. The standard InChI is InChI=1S/C15H20N4O2/c1-10-14(20)18-8-4-3-5-13(18)15(21)19(10)9-12-6-7-16-11(2)17-12/h6-7,10,13H,3-5,8-9H2,1-2H3. The summed E-state index contributed by atoms with van der Waals surface area (Å²) in [5, 5.41) is 0. The maximum Gasteiger partial charge on any atom is 0.246 e. The van der Waals surface area contributed by atoms with Gasteiger partial charge in [-0.1, -0.05) is 0 Å². The molecule has 3 heterocycles. The van der Waals surface area contributed by atoms with E-state index in [1.54, 1.807) is 29.0 Å². The maximum absolute atomic E-state index is 12.7. The number of nitrogens with zero attached hydrogens (tertiary/aromatic N) is 4. The van der Waals surface area contributed by atoms with E-state index in [1.165, 1.54) is 0 Å². The lowest BCUT2D eigenvalue weighted by Gasteiger charge is -2.45. The average Bonchev–Trinajstić information content (AvgIpc) is 2.49. The smallest absolute Gasteiger partial charge is 0.246 e. The van der Waals surface area contributed by atoms with Crippen LogP contribution in [0.3, 0.4) is 0 Å². The molecule has 0 saturated carbocycles. The van der Waals surface area contributed by atoms with Crippen LogP contribution in [0.15, 0.2) is 12.3 Å². The van der Waals surface area contributed by atoms with Crippen molar-refractivity contribution in [3.8, 4) is 0 Å². The normalized spacial score (nSPS) is 26.0. The third-order valence-electron chi connectivity index (χ3n) is 4.34. The van der Waals surface area contributed by atoms with E-state index in [0.717, 1.165) is 25.0 Å². The first kappa shape index (κ1) is 14.0. The predicted molar refractivity (Wildman–Crippen MR) is 76.1 cm³/mol. The number of piperidine rings is 1. The van der Waals surface area contributed by atoms with E-state index < -0.39 is 6.04 Å². The first-order valence-corrected chi connectivity index (χ1v) is 7.47. The first-order chi connectivity index (χ1) is 10.1. The van der Waals surface area contributed by atoms with Gasteiger partial charge in [-0.05, 0) is 39.2 Å². The molecule has 0 aromatic carbocycles. The Kier molecular flexibility index (Phi) is 3.61. The lowest BCUT2D eigenvalue weighted by molar-refractivity contribution is -0.163. The Labute approximate surface area is 124 Å². The number of amides is 2. The summed E-state index contributed by atoms with van der Waals surface area (Å²) in [4.78, 5) is 37.0. The van der Waals surface area contributed by atoms with E-state index in [9.17, 15) is 9.59 Å². The summed E-state index contributed by atoms with van der Waals surface area (Å²) in [5.41, 5.74) is 0.778. The fourth-order valence-corrected chi connectivity index (χ4v) is 3.19. The largest absolute Gasteiger partial charge is 0.329 e. The van der Waals surface area contributed by atoms with Crippen molar-refractivity contribution in [1.29, 1.82) is 0 Å². The van der Waals surface area contributed by atoms with Crippen LogP contribution in [0.5, 0.6) is 0 Å². The van der Waals surface area contributed by atoms with Gasteiger partial charge in [-0.25, -0.2) is 9.97 Å². The number of aromatic nitrogens is 2. The van der Waals surface area contributed by atoms with Gasteiger partial charge in [-0.15, -0.1) is 0 Å². The minimum Gasteiger partial charge on any atom is -0.329 e. The fraction of sp³-hybridized carbons (Fsp3) is 0.600. The zero-order valence-corrected chi connectivity index (χ0v) is 12.5. The zero-order chi connectivity index (χ0) is 15.0. The van der Waals surface area contributed by atoms with Gasteiger partial charge in [-0.2, -0.15) is 0 Å². The van der Waals surface area contributed by atoms with Crippen LogP contribution in [0.25, 0.3) is 0 Å². The molecular formula is C15H20N4O2. The van der Waals surface area contributed by atoms with Crippen molar-refractivity contribution in [2.75, 3.05) is 6.54 Å². The first-order valence-electron chi connectivity index (χ1n) is 7.47. The summed E-state index contributed by atoms with van der Waals surface area (Å²) in [5.74, 6) is 0.790. The molecule has 2 atom stereocenters. The minimum atomic E-state index is -0.415. The second-order valence-electron chi connectivity index (χ2n) is 5.78. The molecule has 2 aliphatic heterocycles. The van der Waals surface area contributed by atoms with Crippen LogP contribution in [0.4, 0.5) is 0 Å². The van der Waals surface area contributed by atoms with Crippen molar-refractivity contribution in [1.82, 2.24) is 19.8 Å². The summed E-state index contributed by atoms with van der Waals surface area (Å²) in [7, 11) is 0. The van der Waals surface area contributed by atoms with Crippen molar-refractivity contribution in [2.45, 2.75) is 51.7 Å². The number of hydrogen-bond donors (Lipinski definition) is 0. The van der Waals surface area contributed by atoms with Gasteiger partial charge < -0.3 is 9.80 Å². The molecule has 1 aromatic rings. The Balaban J connectivity index is 1.84. The molecule has 0 bridgehead atoms. The SMILES string of the molecule is Cc1nccc(CN2C(=O)C3CCCCN3C(=O)C2C)n1. The highest BCUT2D eigenvalue weighted by molar-refractivity contribution is 5.96. The van der Waals surface area contributed by atoms with Crippen molar-refractivity contribution < 1.29 is 9.59 Å². The van der Waals surface area contributed by atoms with Crippen molar-refractivity contribution >= 4 is 11.8 Å². The van der Waals surface area contributed by atoms with Gasteiger partial charge in [0.15, 0.2) is 0 Å². The molecular weight excluding hydrogens is 268 g/mol. The van der Waals surface area contributed by atoms with E-state index in [1.807, 2.05) is 6.92 Å². The Morgan fingerprint density at radius 2 is 2.10 bits per heavy atom. The number of piperazine rings is 1. The highest BCUT2D eigenvalue weighted by Gasteiger charge is 2.44. The summed E-state index contributed by atoms with van der Waals surface area (Å²) in [6.45, 7) is 4.71. The molecule has 6 heteroatoms. The molecule has 2 unspecified atom stereocenters. The zero-order valence-electron chi connectivity index (χ0n) is 12.5. The van der Waals surface area contributed by atoms with Gasteiger partial charge in [-0.3, -0.25) is 9.59 Å². The molecule has 6 nitrogen and oxygen atoms in total. The molecule has 2 amide bonds. The molecule has 2 saturated heterocycles. The monoisotopic (exact) mass is 288 g/mol.